The zero-order chi connectivity index (χ0) is 16.9. The number of rotatable bonds is 7. The number of nitrogens with one attached hydrogen (secondary N) is 2. The summed E-state index contributed by atoms with van der Waals surface area (Å²) in [6.45, 7) is 9.83. The van der Waals surface area contributed by atoms with Gasteiger partial charge in [0.2, 0.25) is 5.91 Å². The molecule has 2 aliphatic heterocycles. The lowest BCUT2D eigenvalue weighted by atomic mass is 10.0. The molecule has 1 aromatic carbocycles. The van der Waals surface area contributed by atoms with E-state index in [0.29, 0.717) is 12.3 Å². The molecule has 0 saturated carbocycles. The minimum Gasteiger partial charge on any atom is -0.326 e. The fourth-order valence-corrected chi connectivity index (χ4v) is 3.71. The summed E-state index contributed by atoms with van der Waals surface area (Å²) in [6, 6.07) is 6.33. The predicted octanol–water partition coefficient (Wildman–Crippen LogP) is 4.22. The van der Waals surface area contributed by atoms with Gasteiger partial charge in [-0.15, -0.1) is 24.8 Å². The summed E-state index contributed by atoms with van der Waals surface area (Å²) in [7, 11) is 0. The number of carbonyl (C=O) groups excluding carboxylic acids is 1. The van der Waals surface area contributed by atoms with Crippen LogP contribution in [0.15, 0.2) is 18.2 Å². The maximum atomic E-state index is 12.3. The highest BCUT2D eigenvalue weighted by Gasteiger charge is 2.22. The average Bonchev–Trinajstić information content (AvgIpc) is 3.20. The number of anilines is 1. The second kappa shape index (κ2) is 11.1. The van der Waals surface area contributed by atoms with Gasteiger partial charge in [-0.2, -0.15) is 0 Å². The minimum absolute atomic E-state index is 0. The molecular weight excluding hydrogens is 369 g/mol. The van der Waals surface area contributed by atoms with Crippen molar-refractivity contribution in [2.24, 2.45) is 11.8 Å². The van der Waals surface area contributed by atoms with Crippen LogP contribution in [0.5, 0.6) is 0 Å². The third-order valence-corrected chi connectivity index (χ3v) is 5.29. The first-order valence-electron chi connectivity index (χ1n) is 9.45. The van der Waals surface area contributed by atoms with E-state index in [0.717, 1.165) is 50.7 Å². The van der Waals surface area contributed by atoms with E-state index in [9.17, 15) is 4.79 Å². The van der Waals surface area contributed by atoms with Gasteiger partial charge in [0, 0.05) is 25.2 Å². The first kappa shape index (κ1) is 23.2. The fraction of sp³-hybridized carbons (Fsp3) is 0.650. The van der Waals surface area contributed by atoms with E-state index in [1.165, 1.54) is 24.0 Å². The van der Waals surface area contributed by atoms with Crippen molar-refractivity contribution in [2.45, 2.75) is 52.6 Å². The lowest BCUT2D eigenvalue weighted by Crippen LogP contribution is -2.19. The maximum Gasteiger partial charge on any atom is 0.224 e. The largest absolute Gasteiger partial charge is 0.326 e. The number of benzene rings is 1. The van der Waals surface area contributed by atoms with Gasteiger partial charge in [0.25, 0.3) is 0 Å². The molecule has 1 atom stereocenters. The normalized spacial score (nSPS) is 19.0. The highest BCUT2D eigenvalue weighted by Crippen LogP contribution is 2.30. The van der Waals surface area contributed by atoms with Crippen molar-refractivity contribution >= 4 is 36.4 Å². The molecule has 1 unspecified atom stereocenters. The molecule has 0 radical (unpaired) electrons. The molecule has 3 rings (SSSR count). The molecule has 1 fully saturated rings. The van der Waals surface area contributed by atoms with Crippen LogP contribution in [0.25, 0.3) is 0 Å². The Hall–Kier alpha value is -0.810. The van der Waals surface area contributed by atoms with Crippen LogP contribution in [0.4, 0.5) is 5.69 Å². The molecule has 0 spiro atoms. The molecule has 4 nitrogen and oxygen atoms in total. The van der Waals surface area contributed by atoms with Crippen molar-refractivity contribution in [2.75, 3.05) is 25.0 Å². The van der Waals surface area contributed by atoms with E-state index in [4.69, 9.17) is 0 Å². The molecule has 0 aliphatic carbocycles. The summed E-state index contributed by atoms with van der Waals surface area (Å²) in [4.78, 5) is 14.8. The highest BCUT2D eigenvalue weighted by molar-refractivity contribution is 5.91. The summed E-state index contributed by atoms with van der Waals surface area (Å²) in [5, 5.41) is 6.53. The number of hydrogen-bond donors (Lipinski definition) is 2. The molecule has 2 heterocycles. The van der Waals surface area contributed by atoms with E-state index in [2.05, 4.69) is 47.6 Å². The van der Waals surface area contributed by atoms with Gasteiger partial charge >= 0.3 is 0 Å². The van der Waals surface area contributed by atoms with E-state index in [-0.39, 0.29) is 30.7 Å². The number of fused-ring (bicyclic) bond motifs is 1. The second-order valence-electron chi connectivity index (χ2n) is 7.78. The summed E-state index contributed by atoms with van der Waals surface area (Å²) < 4.78 is 0. The first-order valence-corrected chi connectivity index (χ1v) is 9.45. The molecule has 6 heteroatoms. The monoisotopic (exact) mass is 401 g/mol. The molecule has 1 aromatic rings. The summed E-state index contributed by atoms with van der Waals surface area (Å²) in [6.07, 6.45) is 4.06. The van der Waals surface area contributed by atoms with Gasteiger partial charge in [0.1, 0.15) is 0 Å². The van der Waals surface area contributed by atoms with Crippen LogP contribution >= 0.6 is 24.8 Å². The Kier molecular flexibility index (Phi) is 9.94. The van der Waals surface area contributed by atoms with Gasteiger partial charge in [-0.25, -0.2) is 0 Å². The Morgan fingerprint density at radius 2 is 2.12 bits per heavy atom. The van der Waals surface area contributed by atoms with Crippen LogP contribution in [0, 0.1) is 11.8 Å². The molecule has 1 saturated heterocycles. The van der Waals surface area contributed by atoms with Crippen LogP contribution in [-0.4, -0.2) is 30.4 Å². The quantitative estimate of drug-likeness (QED) is 0.718. The first-order chi connectivity index (χ1) is 11.6. The minimum atomic E-state index is 0. The lowest BCUT2D eigenvalue weighted by Gasteiger charge is -2.16. The van der Waals surface area contributed by atoms with E-state index in [1.54, 1.807) is 0 Å². The molecule has 0 bridgehead atoms. The molecule has 148 valence electrons. The SMILES string of the molecule is CC(C)CCN1Cc2cccc(NC(=O)CCC3CCNC3)c2C1.Cl.Cl. The summed E-state index contributed by atoms with van der Waals surface area (Å²) >= 11 is 0. The molecule has 0 aromatic heterocycles. The van der Waals surface area contributed by atoms with Gasteiger partial charge in [-0.1, -0.05) is 26.0 Å². The van der Waals surface area contributed by atoms with E-state index in [1.807, 2.05) is 0 Å². The van der Waals surface area contributed by atoms with E-state index < -0.39 is 0 Å². The smallest absolute Gasteiger partial charge is 0.224 e. The van der Waals surface area contributed by atoms with Crippen molar-refractivity contribution in [3.63, 3.8) is 0 Å². The standard InChI is InChI=1S/C20H31N3O.2ClH/c1-15(2)9-11-23-13-17-4-3-5-19(18(17)14-23)22-20(24)7-6-16-8-10-21-12-16;;/h3-5,15-16,21H,6-14H2,1-2H3,(H,22,24);2*1H. The Morgan fingerprint density at radius 1 is 1.31 bits per heavy atom. The van der Waals surface area contributed by atoms with Gasteiger partial charge in [0.15, 0.2) is 0 Å². The number of amides is 1. The molecule has 2 aliphatic rings. The predicted molar refractivity (Wildman–Crippen MR) is 113 cm³/mol. The van der Waals surface area contributed by atoms with Crippen LogP contribution in [0.1, 0.15) is 50.7 Å². The number of halogens is 2. The van der Waals surface area contributed by atoms with Crippen molar-refractivity contribution in [1.82, 2.24) is 10.2 Å². The van der Waals surface area contributed by atoms with Crippen molar-refractivity contribution in [3.8, 4) is 0 Å². The Labute approximate surface area is 170 Å². The number of carbonyl (C=O) groups is 1. The topological polar surface area (TPSA) is 44.4 Å². The highest BCUT2D eigenvalue weighted by atomic mass is 35.5. The van der Waals surface area contributed by atoms with Gasteiger partial charge in [-0.05, 0) is 67.9 Å². The van der Waals surface area contributed by atoms with Crippen LogP contribution in [-0.2, 0) is 17.9 Å². The molecule has 2 N–H and O–H groups in total. The van der Waals surface area contributed by atoms with Crippen molar-refractivity contribution in [1.29, 1.82) is 0 Å². The number of hydrogen-bond acceptors (Lipinski definition) is 3. The zero-order valence-electron chi connectivity index (χ0n) is 15.9. The summed E-state index contributed by atoms with van der Waals surface area (Å²) in [5.74, 6) is 1.57. The second-order valence-corrected chi connectivity index (χ2v) is 7.78. The fourth-order valence-electron chi connectivity index (χ4n) is 3.71. The van der Waals surface area contributed by atoms with Gasteiger partial charge in [-0.3, -0.25) is 9.69 Å². The lowest BCUT2D eigenvalue weighted by molar-refractivity contribution is -0.116. The van der Waals surface area contributed by atoms with Crippen molar-refractivity contribution < 1.29 is 4.79 Å². The Balaban J connectivity index is 0.00000169. The summed E-state index contributed by atoms with van der Waals surface area (Å²) in [5.41, 5.74) is 3.71. The van der Waals surface area contributed by atoms with Gasteiger partial charge in [0.05, 0.1) is 0 Å². The third-order valence-electron chi connectivity index (χ3n) is 5.29. The maximum absolute atomic E-state index is 12.3. The van der Waals surface area contributed by atoms with Crippen LogP contribution < -0.4 is 10.6 Å². The number of nitrogens with zero attached hydrogens (tertiary/aromatic N) is 1. The third kappa shape index (κ3) is 6.41. The van der Waals surface area contributed by atoms with Crippen molar-refractivity contribution in [3.05, 3.63) is 29.3 Å². The Bertz CT molecular complexity index is 574. The van der Waals surface area contributed by atoms with Crippen LogP contribution in [0.3, 0.4) is 0 Å². The van der Waals surface area contributed by atoms with E-state index >= 15 is 0 Å². The molecule has 1 amide bonds. The average molecular weight is 402 g/mol. The Morgan fingerprint density at radius 3 is 2.81 bits per heavy atom. The van der Waals surface area contributed by atoms with Gasteiger partial charge < -0.3 is 10.6 Å². The zero-order valence-corrected chi connectivity index (χ0v) is 17.6. The molecule has 26 heavy (non-hydrogen) atoms. The molecular formula is C20H33Cl2N3O. The van der Waals surface area contributed by atoms with Crippen LogP contribution in [0.2, 0.25) is 0 Å².